The van der Waals surface area contributed by atoms with Crippen molar-refractivity contribution in [2.24, 2.45) is 10.9 Å². The number of likely N-dealkylation sites (tertiary alicyclic amines) is 1. The molecule has 0 amide bonds. The molecule has 2 N–H and O–H groups in total. The van der Waals surface area contributed by atoms with E-state index in [1.54, 1.807) is 0 Å². The molecule has 1 heterocycles. The normalized spacial score (nSPS) is 17.6. The first kappa shape index (κ1) is 26.9. The molecule has 0 radical (unpaired) electrons. The fourth-order valence-corrected chi connectivity index (χ4v) is 3.72. The van der Waals surface area contributed by atoms with Crippen molar-refractivity contribution in [2.75, 3.05) is 52.4 Å². The van der Waals surface area contributed by atoms with E-state index in [4.69, 9.17) is 4.99 Å². The molecule has 5 nitrogen and oxygen atoms in total. The van der Waals surface area contributed by atoms with Gasteiger partial charge >= 0.3 is 0 Å². The highest BCUT2D eigenvalue weighted by atomic mass is 127. The quantitative estimate of drug-likeness (QED) is 0.246. The molecule has 0 aromatic rings. The van der Waals surface area contributed by atoms with E-state index in [-0.39, 0.29) is 24.0 Å². The number of piperidine rings is 1. The third-order valence-electron chi connectivity index (χ3n) is 5.49. The van der Waals surface area contributed by atoms with Crippen LogP contribution in [-0.2, 0) is 0 Å². The van der Waals surface area contributed by atoms with E-state index in [2.05, 4.69) is 55.1 Å². The van der Waals surface area contributed by atoms with Gasteiger partial charge in [0.15, 0.2) is 5.96 Å². The molecule has 0 saturated carbocycles. The Labute approximate surface area is 186 Å². The first-order valence-electron chi connectivity index (χ1n) is 11.1. The molecule has 162 valence electrons. The summed E-state index contributed by atoms with van der Waals surface area (Å²) in [4.78, 5) is 9.98. The van der Waals surface area contributed by atoms with Crippen LogP contribution in [0.2, 0.25) is 0 Å². The first-order valence-corrected chi connectivity index (χ1v) is 11.1. The Hall–Kier alpha value is -0.0800. The number of nitrogens with zero attached hydrogens (tertiary/aromatic N) is 3. The molecule has 0 aromatic heterocycles. The SMILES string of the molecule is CCCN1CCC(CN=C(NCC)NC(C)CCCN(CC)CC)CC1.I. The fraction of sp³-hybridized carbons (Fsp3) is 0.952. The zero-order valence-electron chi connectivity index (χ0n) is 18.6. The van der Waals surface area contributed by atoms with Crippen molar-refractivity contribution in [3.05, 3.63) is 0 Å². The summed E-state index contributed by atoms with van der Waals surface area (Å²) in [5.74, 6) is 1.75. The number of hydrogen-bond donors (Lipinski definition) is 2. The van der Waals surface area contributed by atoms with Gasteiger partial charge in [0.05, 0.1) is 0 Å². The van der Waals surface area contributed by atoms with Gasteiger partial charge in [-0.3, -0.25) is 4.99 Å². The van der Waals surface area contributed by atoms with Crippen molar-refractivity contribution >= 4 is 29.9 Å². The molecule has 1 atom stereocenters. The minimum Gasteiger partial charge on any atom is -0.357 e. The van der Waals surface area contributed by atoms with E-state index in [9.17, 15) is 0 Å². The number of halogens is 1. The van der Waals surface area contributed by atoms with Gasteiger partial charge in [-0.1, -0.05) is 20.8 Å². The Bertz CT molecular complexity index is 366. The molecule has 0 aromatic carbocycles. The summed E-state index contributed by atoms with van der Waals surface area (Å²) >= 11 is 0. The van der Waals surface area contributed by atoms with E-state index in [1.807, 2.05) is 0 Å². The summed E-state index contributed by atoms with van der Waals surface area (Å²) in [6, 6.07) is 0.467. The second-order valence-corrected chi connectivity index (χ2v) is 7.72. The minimum absolute atomic E-state index is 0. The standard InChI is InChI=1S/C21H45N5.HI/c1-6-14-26-16-12-20(13-17-26)18-23-21(22-7-2)24-19(5)11-10-15-25(8-3)9-4;/h19-20H,6-18H2,1-5H3,(H2,22,23,24);1H. The van der Waals surface area contributed by atoms with Gasteiger partial charge < -0.3 is 20.4 Å². The second kappa shape index (κ2) is 16.8. The third-order valence-corrected chi connectivity index (χ3v) is 5.49. The molecular formula is C21H46IN5. The molecule has 6 heteroatoms. The van der Waals surface area contributed by atoms with Gasteiger partial charge in [0.25, 0.3) is 0 Å². The number of hydrogen-bond acceptors (Lipinski definition) is 3. The van der Waals surface area contributed by atoms with E-state index in [1.165, 1.54) is 58.3 Å². The predicted molar refractivity (Wildman–Crippen MR) is 130 cm³/mol. The molecule has 1 aliphatic rings. The van der Waals surface area contributed by atoms with E-state index >= 15 is 0 Å². The Morgan fingerprint density at radius 1 is 1.15 bits per heavy atom. The molecule has 1 saturated heterocycles. The molecule has 1 unspecified atom stereocenters. The molecular weight excluding hydrogens is 449 g/mol. The number of rotatable bonds is 12. The summed E-state index contributed by atoms with van der Waals surface area (Å²) in [5.41, 5.74) is 0. The van der Waals surface area contributed by atoms with Crippen LogP contribution in [0.15, 0.2) is 4.99 Å². The van der Waals surface area contributed by atoms with Crippen LogP contribution in [0, 0.1) is 5.92 Å². The number of nitrogens with one attached hydrogen (secondary N) is 2. The largest absolute Gasteiger partial charge is 0.357 e. The lowest BCUT2D eigenvalue weighted by atomic mass is 9.97. The van der Waals surface area contributed by atoms with Crippen LogP contribution in [0.1, 0.15) is 66.7 Å². The van der Waals surface area contributed by atoms with Gasteiger partial charge in [-0.25, -0.2) is 0 Å². The fourth-order valence-electron chi connectivity index (χ4n) is 3.72. The lowest BCUT2D eigenvalue weighted by molar-refractivity contribution is 0.188. The average Bonchev–Trinajstić information content (AvgIpc) is 2.65. The molecule has 0 spiro atoms. The lowest BCUT2D eigenvalue weighted by Crippen LogP contribution is -2.43. The summed E-state index contributed by atoms with van der Waals surface area (Å²) in [6.45, 7) is 20.3. The van der Waals surface area contributed by atoms with Gasteiger partial charge in [-0.2, -0.15) is 0 Å². The van der Waals surface area contributed by atoms with Crippen LogP contribution in [0.4, 0.5) is 0 Å². The second-order valence-electron chi connectivity index (χ2n) is 7.72. The molecule has 1 aliphatic heterocycles. The van der Waals surface area contributed by atoms with Crippen molar-refractivity contribution in [1.29, 1.82) is 0 Å². The summed E-state index contributed by atoms with van der Waals surface area (Å²) in [6.07, 6.45) is 6.29. The van der Waals surface area contributed by atoms with Gasteiger partial charge in [0.1, 0.15) is 0 Å². The highest BCUT2D eigenvalue weighted by Gasteiger charge is 2.18. The minimum atomic E-state index is 0. The van der Waals surface area contributed by atoms with E-state index in [0.717, 1.165) is 38.1 Å². The maximum absolute atomic E-state index is 4.89. The maximum atomic E-state index is 4.89. The lowest BCUT2D eigenvalue weighted by Gasteiger charge is -2.31. The molecule has 1 rings (SSSR count). The average molecular weight is 496 g/mol. The summed E-state index contributed by atoms with van der Waals surface area (Å²) in [5, 5.41) is 7.03. The molecule has 0 aliphatic carbocycles. The van der Waals surface area contributed by atoms with E-state index in [0.29, 0.717) is 6.04 Å². The van der Waals surface area contributed by atoms with Crippen molar-refractivity contribution in [2.45, 2.75) is 72.8 Å². The summed E-state index contributed by atoms with van der Waals surface area (Å²) < 4.78 is 0. The monoisotopic (exact) mass is 495 g/mol. The molecule has 0 bridgehead atoms. The topological polar surface area (TPSA) is 42.9 Å². The number of guanidine groups is 1. The molecule has 1 fully saturated rings. The van der Waals surface area contributed by atoms with Crippen LogP contribution >= 0.6 is 24.0 Å². The van der Waals surface area contributed by atoms with Crippen LogP contribution in [0.5, 0.6) is 0 Å². The van der Waals surface area contributed by atoms with Crippen LogP contribution in [0.25, 0.3) is 0 Å². The maximum Gasteiger partial charge on any atom is 0.191 e. The Morgan fingerprint density at radius 3 is 2.37 bits per heavy atom. The highest BCUT2D eigenvalue weighted by Crippen LogP contribution is 2.17. The Morgan fingerprint density at radius 2 is 1.81 bits per heavy atom. The van der Waals surface area contributed by atoms with Gasteiger partial charge in [0, 0.05) is 19.1 Å². The predicted octanol–water partition coefficient (Wildman–Crippen LogP) is 3.79. The van der Waals surface area contributed by atoms with E-state index < -0.39 is 0 Å². The van der Waals surface area contributed by atoms with Gasteiger partial charge in [-0.05, 0) is 91.1 Å². The Balaban J connectivity index is 0.00000676. The highest BCUT2D eigenvalue weighted by molar-refractivity contribution is 14.0. The van der Waals surface area contributed by atoms with Crippen molar-refractivity contribution in [3.63, 3.8) is 0 Å². The van der Waals surface area contributed by atoms with Gasteiger partial charge in [-0.15, -0.1) is 24.0 Å². The zero-order valence-corrected chi connectivity index (χ0v) is 20.9. The van der Waals surface area contributed by atoms with Crippen LogP contribution < -0.4 is 10.6 Å². The van der Waals surface area contributed by atoms with Crippen LogP contribution in [0.3, 0.4) is 0 Å². The number of aliphatic imine (C=N–C) groups is 1. The zero-order chi connectivity index (χ0) is 19.2. The smallest absolute Gasteiger partial charge is 0.191 e. The first-order chi connectivity index (χ1) is 12.6. The summed E-state index contributed by atoms with van der Waals surface area (Å²) in [7, 11) is 0. The van der Waals surface area contributed by atoms with Gasteiger partial charge in [0.2, 0.25) is 0 Å². The van der Waals surface area contributed by atoms with Crippen molar-refractivity contribution in [3.8, 4) is 0 Å². The molecule has 27 heavy (non-hydrogen) atoms. The van der Waals surface area contributed by atoms with Crippen molar-refractivity contribution < 1.29 is 0 Å². The van der Waals surface area contributed by atoms with Crippen LogP contribution in [-0.4, -0.2) is 74.2 Å². The third kappa shape index (κ3) is 12.2. The van der Waals surface area contributed by atoms with Crippen molar-refractivity contribution in [1.82, 2.24) is 20.4 Å². The Kier molecular flexibility index (Phi) is 16.8.